The van der Waals surface area contributed by atoms with Gasteiger partial charge in [-0.2, -0.15) is 0 Å². The van der Waals surface area contributed by atoms with E-state index >= 15 is 0 Å². The minimum Gasteiger partial charge on any atom is -0.489 e. The molecule has 1 unspecified atom stereocenters. The van der Waals surface area contributed by atoms with Crippen LogP contribution in [0.15, 0.2) is 36.4 Å². The Hall–Kier alpha value is -2.34. The predicted molar refractivity (Wildman–Crippen MR) is 119 cm³/mol. The smallest absolute Gasteiger partial charge is 0.255 e. The van der Waals surface area contributed by atoms with Crippen molar-refractivity contribution in [1.29, 1.82) is 0 Å². The molecular weight excluding hydrogens is 378 g/mol. The lowest BCUT2D eigenvalue weighted by Crippen LogP contribution is -2.50. The highest BCUT2D eigenvalue weighted by Crippen LogP contribution is 2.35. The monoisotopic (exact) mass is 413 g/mol. The molecule has 3 rings (SSSR count). The molecule has 1 saturated heterocycles. The number of carbonyl (C=O) groups excluding carboxylic acids is 2. The summed E-state index contributed by atoms with van der Waals surface area (Å²) in [5.74, 6) is 0.917. The van der Waals surface area contributed by atoms with Crippen LogP contribution in [0.2, 0.25) is 0 Å². The minimum absolute atomic E-state index is 0.102. The Balaban J connectivity index is 1.87. The molecular formula is C24H35N3O3. The molecule has 0 radical (unpaired) electrons. The summed E-state index contributed by atoms with van der Waals surface area (Å²) in [6.45, 7) is 6.84. The fraction of sp³-hybridized carbons (Fsp3) is 0.583. The third-order valence-corrected chi connectivity index (χ3v) is 6.01. The predicted octanol–water partition coefficient (Wildman–Crippen LogP) is 3.05. The van der Waals surface area contributed by atoms with Crippen molar-refractivity contribution in [2.45, 2.75) is 52.0 Å². The number of hydrogen-bond donors (Lipinski definition) is 3. The zero-order chi connectivity index (χ0) is 21.4. The van der Waals surface area contributed by atoms with E-state index in [0.717, 1.165) is 38.8 Å². The van der Waals surface area contributed by atoms with Crippen molar-refractivity contribution >= 4 is 11.8 Å². The van der Waals surface area contributed by atoms with Gasteiger partial charge < -0.3 is 20.7 Å². The molecule has 3 N–H and O–H groups in total. The van der Waals surface area contributed by atoms with Crippen LogP contribution in [0.4, 0.5) is 0 Å². The molecule has 164 valence electrons. The second-order valence-electron chi connectivity index (χ2n) is 8.88. The number of fused-ring (bicyclic) bond motifs is 1. The van der Waals surface area contributed by atoms with Crippen LogP contribution in [0.3, 0.4) is 0 Å². The molecule has 0 aliphatic carbocycles. The molecule has 0 aromatic heterocycles. The van der Waals surface area contributed by atoms with Gasteiger partial charge >= 0.3 is 0 Å². The van der Waals surface area contributed by atoms with Gasteiger partial charge in [0.05, 0.1) is 11.0 Å². The molecule has 2 heterocycles. The maximum Gasteiger partial charge on any atom is 0.255 e. The van der Waals surface area contributed by atoms with Gasteiger partial charge in [-0.3, -0.25) is 9.59 Å². The Kier molecular flexibility index (Phi) is 7.91. The van der Waals surface area contributed by atoms with Crippen LogP contribution >= 0.6 is 0 Å². The Labute approximate surface area is 179 Å². The zero-order valence-electron chi connectivity index (χ0n) is 18.2. The van der Waals surface area contributed by atoms with Crippen LogP contribution in [-0.4, -0.2) is 44.1 Å². The molecule has 6 nitrogen and oxygen atoms in total. The molecule has 1 spiro atoms. The standard InChI is InChI=1S/C24H35N3O3/c1-18(2)16-19-17-26-22(28)20-8-3-4-9-21(20)30-15-6-5-10-24(23(29)27-19)11-7-13-25-14-12-24/h3-6,8-9,18-19,25H,7,10-17H2,1-2H3,(H,26,28)(H,27,29)/b6-5+/t19-,24?/m0/s1. The lowest BCUT2D eigenvalue weighted by Gasteiger charge is -2.33. The average molecular weight is 414 g/mol. The van der Waals surface area contributed by atoms with Crippen LogP contribution in [0.5, 0.6) is 5.75 Å². The summed E-state index contributed by atoms with van der Waals surface area (Å²) in [7, 11) is 0. The van der Waals surface area contributed by atoms with Crippen LogP contribution in [0.1, 0.15) is 56.3 Å². The van der Waals surface area contributed by atoms with Gasteiger partial charge in [0.2, 0.25) is 5.91 Å². The maximum atomic E-state index is 13.5. The van der Waals surface area contributed by atoms with Gasteiger partial charge in [0, 0.05) is 12.6 Å². The number of para-hydroxylation sites is 1. The van der Waals surface area contributed by atoms with Crippen LogP contribution in [-0.2, 0) is 4.79 Å². The molecule has 1 aromatic carbocycles. The van der Waals surface area contributed by atoms with Gasteiger partial charge in [-0.25, -0.2) is 0 Å². The number of rotatable bonds is 2. The highest BCUT2D eigenvalue weighted by Gasteiger charge is 2.38. The number of nitrogens with one attached hydrogen (secondary N) is 3. The Morgan fingerprint density at radius 1 is 1.13 bits per heavy atom. The Morgan fingerprint density at radius 3 is 2.80 bits per heavy atom. The molecule has 2 atom stereocenters. The highest BCUT2D eigenvalue weighted by atomic mass is 16.5. The molecule has 1 fully saturated rings. The van der Waals surface area contributed by atoms with Gasteiger partial charge in [0.25, 0.3) is 5.91 Å². The van der Waals surface area contributed by atoms with Crippen molar-refractivity contribution in [3.63, 3.8) is 0 Å². The summed E-state index contributed by atoms with van der Waals surface area (Å²) < 4.78 is 5.86. The van der Waals surface area contributed by atoms with E-state index in [-0.39, 0.29) is 17.9 Å². The largest absolute Gasteiger partial charge is 0.489 e. The molecule has 6 heteroatoms. The van der Waals surface area contributed by atoms with E-state index in [1.807, 2.05) is 24.3 Å². The molecule has 2 amide bonds. The van der Waals surface area contributed by atoms with E-state index in [0.29, 0.717) is 36.8 Å². The summed E-state index contributed by atoms with van der Waals surface area (Å²) in [4.78, 5) is 26.3. The van der Waals surface area contributed by atoms with Crippen LogP contribution in [0.25, 0.3) is 0 Å². The summed E-state index contributed by atoms with van der Waals surface area (Å²) >= 11 is 0. The third kappa shape index (κ3) is 5.85. The van der Waals surface area contributed by atoms with Gasteiger partial charge in [-0.1, -0.05) is 38.1 Å². The summed E-state index contributed by atoms with van der Waals surface area (Å²) in [6, 6.07) is 7.19. The number of ether oxygens (including phenoxy) is 1. The second kappa shape index (κ2) is 10.6. The molecule has 30 heavy (non-hydrogen) atoms. The second-order valence-corrected chi connectivity index (χ2v) is 8.88. The van der Waals surface area contributed by atoms with Gasteiger partial charge in [0.15, 0.2) is 0 Å². The Morgan fingerprint density at radius 2 is 1.97 bits per heavy atom. The lowest BCUT2D eigenvalue weighted by atomic mass is 9.76. The third-order valence-electron chi connectivity index (χ3n) is 6.01. The first-order valence-corrected chi connectivity index (χ1v) is 11.2. The van der Waals surface area contributed by atoms with E-state index < -0.39 is 5.41 Å². The molecule has 2 aliphatic rings. The normalized spacial score (nSPS) is 27.2. The van der Waals surface area contributed by atoms with Crippen molar-refractivity contribution in [3.05, 3.63) is 42.0 Å². The number of amides is 2. The molecule has 2 aliphatic heterocycles. The van der Waals surface area contributed by atoms with Crippen molar-refractivity contribution < 1.29 is 14.3 Å². The highest BCUT2D eigenvalue weighted by molar-refractivity contribution is 5.97. The first-order valence-electron chi connectivity index (χ1n) is 11.2. The topological polar surface area (TPSA) is 79.5 Å². The molecule has 0 bridgehead atoms. The zero-order valence-corrected chi connectivity index (χ0v) is 18.2. The van der Waals surface area contributed by atoms with E-state index in [1.165, 1.54) is 0 Å². The van der Waals surface area contributed by atoms with E-state index in [4.69, 9.17) is 4.74 Å². The fourth-order valence-corrected chi connectivity index (χ4v) is 4.36. The van der Waals surface area contributed by atoms with Crippen molar-refractivity contribution in [2.24, 2.45) is 11.3 Å². The lowest BCUT2D eigenvalue weighted by molar-refractivity contribution is -0.132. The van der Waals surface area contributed by atoms with Crippen molar-refractivity contribution in [1.82, 2.24) is 16.0 Å². The summed E-state index contributed by atoms with van der Waals surface area (Å²) in [5.41, 5.74) is 0.102. The minimum atomic E-state index is -0.415. The van der Waals surface area contributed by atoms with E-state index in [9.17, 15) is 9.59 Å². The number of allylic oxidation sites excluding steroid dienone is 1. The molecule has 1 aromatic rings. The van der Waals surface area contributed by atoms with Crippen molar-refractivity contribution in [2.75, 3.05) is 26.2 Å². The Bertz CT molecular complexity index is 752. The number of benzene rings is 1. The van der Waals surface area contributed by atoms with Crippen molar-refractivity contribution in [3.8, 4) is 5.75 Å². The SMILES string of the molecule is CC(C)C[C@H]1CNC(=O)c2ccccc2OC/C=C/CC2(CCCNCC2)C(=O)N1. The summed E-state index contributed by atoms with van der Waals surface area (Å²) in [5, 5.41) is 9.72. The van der Waals surface area contributed by atoms with Crippen LogP contribution in [0, 0.1) is 11.3 Å². The fourth-order valence-electron chi connectivity index (χ4n) is 4.36. The average Bonchev–Trinajstić information content (AvgIpc) is 2.97. The van der Waals surface area contributed by atoms with E-state index in [1.54, 1.807) is 6.07 Å². The summed E-state index contributed by atoms with van der Waals surface area (Å²) in [6.07, 6.45) is 8.20. The number of hydrogen-bond acceptors (Lipinski definition) is 4. The maximum absolute atomic E-state index is 13.5. The van der Waals surface area contributed by atoms with Gasteiger partial charge in [0.1, 0.15) is 12.4 Å². The number of carbonyl (C=O) groups is 2. The van der Waals surface area contributed by atoms with Gasteiger partial charge in [-0.15, -0.1) is 0 Å². The first-order chi connectivity index (χ1) is 14.5. The quantitative estimate of drug-likeness (QED) is 0.651. The first kappa shape index (κ1) is 22.3. The van der Waals surface area contributed by atoms with E-state index in [2.05, 4.69) is 35.9 Å². The van der Waals surface area contributed by atoms with Crippen LogP contribution < -0.4 is 20.7 Å². The van der Waals surface area contributed by atoms with Gasteiger partial charge in [-0.05, 0) is 63.2 Å². The molecule has 0 saturated carbocycles.